The molecule has 0 saturated carbocycles. The molecule has 9 aromatic carbocycles. The summed E-state index contributed by atoms with van der Waals surface area (Å²) in [6.45, 7) is 0. The Labute approximate surface area is 305 Å². The van der Waals surface area contributed by atoms with Gasteiger partial charge in [-0.1, -0.05) is 140 Å². The van der Waals surface area contributed by atoms with Crippen LogP contribution in [0.1, 0.15) is 0 Å². The van der Waals surface area contributed by atoms with Gasteiger partial charge in [0.2, 0.25) is 0 Å². The summed E-state index contributed by atoms with van der Waals surface area (Å²) in [6.07, 6.45) is 0. The highest BCUT2D eigenvalue weighted by Gasteiger charge is 2.21. The quantitative estimate of drug-likeness (QED) is 0.182. The molecule has 3 nitrogen and oxygen atoms in total. The van der Waals surface area contributed by atoms with Gasteiger partial charge >= 0.3 is 0 Å². The molecule has 0 fully saturated rings. The Bertz CT molecular complexity index is 3160. The molecule has 3 heteroatoms. The van der Waals surface area contributed by atoms with Gasteiger partial charge in [-0.3, -0.25) is 0 Å². The van der Waals surface area contributed by atoms with E-state index in [1.807, 2.05) is 0 Å². The van der Waals surface area contributed by atoms with Gasteiger partial charge in [0.25, 0.3) is 0 Å². The normalized spacial score (nSPS) is 11.8. The largest absolute Gasteiger partial charge is 0.455 e. The number of fused-ring (bicyclic) bond motifs is 9. The van der Waals surface area contributed by atoms with Gasteiger partial charge in [-0.2, -0.15) is 0 Å². The highest BCUT2D eigenvalue weighted by Crippen LogP contribution is 2.45. The molecule has 2 heterocycles. The van der Waals surface area contributed by atoms with Crippen molar-refractivity contribution in [3.05, 3.63) is 188 Å². The first-order valence-corrected chi connectivity index (χ1v) is 18.0. The molecule has 0 saturated heterocycles. The van der Waals surface area contributed by atoms with Crippen molar-refractivity contribution in [2.45, 2.75) is 0 Å². The third-order valence-corrected chi connectivity index (χ3v) is 10.6. The van der Waals surface area contributed by atoms with Crippen molar-refractivity contribution < 1.29 is 8.83 Å². The van der Waals surface area contributed by atoms with E-state index in [4.69, 9.17) is 8.83 Å². The van der Waals surface area contributed by atoms with Crippen LogP contribution >= 0.6 is 0 Å². The summed E-state index contributed by atoms with van der Waals surface area (Å²) in [5.74, 6) is 0. The van der Waals surface area contributed by atoms with Crippen molar-refractivity contribution in [3.8, 4) is 22.3 Å². The third-order valence-electron chi connectivity index (χ3n) is 10.6. The average Bonchev–Trinajstić information content (AvgIpc) is 3.79. The van der Waals surface area contributed by atoms with E-state index in [9.17, 15) is 0 Å². The molecule has 53 heavy (non-hydrogen) atoms. The lowest BCUT2D eigenvalue weighted by molar-refractivity contribution is 0.669. The summed E-state index contributed by atoms with van der Waals surface area (Å²) in [6, 6.07) is 66.5. The minimum atomic E-state index is 0.861. The second-order valence-electron chi connectivity index (χ2n) is 13.7. The number of hydrogen-bond donors (Lipinski definition) is 0. The van der Waals surface area contributed by atoms with Gasteiger partial charge in [-0.05, 0) is 81.4 Å². The minimum Gasteiger partial charge on any atom is -0.455 e. The van der Waals surface area contributed by atoms with E-state index in [1.54, 1.807) is 0 Å². The van der Waals surface area contributed by atoms with Crippen LogP contribution in [-0.2, 0) is 0 Å². The number of nitrogens with zero attached hydrogens (tertiary/aromatic N) is 1. The van der Waals surface area contributed by atoms with E-state index in [0.717, 1.165) is 77.5 Å². The molecule has 0 spiro atoms. The maximum absolute atomic E-state index is 6.84. The van der Waals surface area contributed by atoms with Crippen LogP contribution < -0.4 is 4.90 Å². The first-order chi connectivity index (χ1) is 26.3. The van der Waals surface area contributed by atoms with Crippen LogP contribution in [0.25, 0.3) is 87.7 Å². The maximum atomic E-state index is 6.84. The van der Waals surface area contributed by atoms with E-state index < -0.39 is 0 Å². The van der Waals surface area contributed by atoms with Crippen molar-refractivity contribution in [2.75, 3.05) is 4.90 Å². The van der Waals surface area contributed by atoms with Crippen molar-refractivity contribution in [1.82, 2.24) is 0 Å². The molecule has 0 atom stereocenters. The Morgan fingerprint density at radius 1 is 0.321 bits per heavy atom. The number of hydrogen-bond acceptors (Lipinski definition) is 3. The van der Waals surface area contributed by atoms with Crippen LogP contribution in [-0.4, -0.2) is 0 Å². The van der Waals surface area contributed by atoms with Gasteiger partial charge in [-0.25, -0.2) is 0 Å². The standard InChI is InChI=1S/C50H31NO2/c1-3-13-32(14-4-1)43-31-45-42-22-11-21-38(48(42)53-49(45)40-20-10-9-19-39(40)43)33-25-27-37(28-26-33)51(36-17-5-2-6-18-36)46-24-12-23-41-44-29-34-15-7-8-16-35(34)30-47(44)52-50(41)46/h1-31H. The lowest BCUT2D eigenvalue weighted by Gasteiger charge is -2.25. The van der Waals surface area contributed by atoms with Crippen LogP contribution in [0.15, 0.2) is 197 Å². The maximum Gasteiger partial charge on any atom is 0.159 e. The van der Waals surface area contributed by atoms with Crippen LogP contribution in [0.2, 0.25) is 0 Å². The van der Waals surface area contributed by atoms with E-state index in [1.165, 1.54) is 27.3 Å². The van der Waals surface area contributed by atoms with E-state index in [2.05, 4.69) is 193 Å². The molecule has 11 rings (SSSR count). The molecule has 0 amide bonds. The molecule has 11 aromatic rings. The van der Waals surface area contributed by atoms with Crippen LogP contribution in [0.3, 0.4) is 0 Å². The molecule has 0 N–H and O–H groups in total. The Balaban J connectivity index is 1.06. The van der Waals surface area contributed by atoms with Gasteiger partial charge < -0.3 is 13.7 Å². The number of furan rings is 2. The number of anilines is 3. The van der Waals surface area contributed by atoms with Crippen LogP contribution in [0.5, 0.6) is 0 Å². The van der Waals surface area contributed by atoms with Crippen molar-refractivity contribution in [1.29, 1.82) is 0 Å². The molecular formula is C50H31NO2. The fourth-order valence-electron chi connectivity index (χ4n) is 8.14. The van der Waals surface area contributed by atoms with Gasteiger partial charge in [0.05, 0.1) is 5.69 Å². The third kappa shape index (κ3) is 4.68. The van der Waals surface area contributed by atoms with Crippen molar-refractivity contribution in [2.24, 2.45) is 0 Å². The number of benzene rings is 9. The molecule has 0 bridgehead atoms. The Morgan fingerprint density at radius 2 is 0.906 bits per heavy atom. The fraction of sp³-hybridized carbons (Fsp3) is 0. The monoisotopic (exact) mass is 677 g/mol. The van der Waals surface area contributed by atoms with Crippen LogP contribution in [0.4, 0.5) is 17.1 Å². The van der Waals surface area contributed by atoms with Gasteiger partial charge in [0, 0.05) is 43.9 Å². The van der Waals surface area contributed by atoms with E-state index >= 15 is 0 Å². The molecule has 0 aliphatic carbocycles. The molecule has 2 aromatic heterocycles. The zero-order valence-electron chi connectivity index (χ0n) is 28.7. The topological polar surface area (TPSA) is 29.5 Å². The zero-order chi connectivity index (χ0) is 34.9. The van der Waals surface area contributed by atoms with Crippen molar-refractivity contribution in [3.63, 3.8) is 0 Å². The van der Waals surface area contributed by atoms with Crippen molar-refractivity contribution >= 4 is 82.5 Å². The summed E-state index contributed by atoms with van der Waals surface area (Å²) < 4.78 is 13.5. The molecule has 248 valence electrons. The second-order valence-corrected chi connectivity index (χ2v) is 13.7. The second kappa shape index (κ2) is 11.7. The summed E-state index contributed by atoms with van der Waals surface area (Å²) in [4.78, 5) is 2.28. The summed E-state index contributed by atoms with van der Waals surface area (Å²) in [5, 5.41) is 9.12. The highest BCUT2D eigenvalue weighted by atomic mass is 16.3. The molecule has 0 radical (unpaired) electrons. The molecular weight excluding hydrogens is 647 g/mol. The predicted octanol–water partition coefficient (Wildman–Crippen LogP) is 14.6. The molecule has 0 aliphatic rings. The Kier molecular flexibility index (Phi) is 6.55. The van der Waals surface area contributed by atoms with Gasteiger partial charge in [0.15, 0.2) is 5.58 Å². The summed E-state index contributed by atoms with van der Waals surface area (Å²) in [5.41, 5.74) is 11.2. The Hall–Kier alpha value is -7.10. The first-order valence-electron chi connectivity index (χ1n) is 18.0. The highest BCUT2D eigenvalue weighted by molar-refractivity contribution is 6.21. The first kappa shape index (κ1) is 29.6. The lowest BCUT2D eigenvalue weighted by Crippen LogP contribution is -2.10. The summed E-state index contributed by atoms with van der Waals surface area (Å²) >= 11 is 0. The number of rotatable bonds is 5. The predicted molar refractivity (Wildman–Crippen MR) is 222 cm³/mol. The SMILES string of the molecule is c1ccc(-c2cc3c4cccc(-c5ccc(N(c6ccccc6)c6cccc7c6oc6cc8ccccc8cc67)cc5)c4oc3c3ccccc23)cc1. The molecule has 0 unspecified atom stereocenters. The molecule has 0 aliphatic heterocycles. The van der Waals surface area contributed by atoms with Gasteiger partial charge in [-0.15, -0.1) is 0 Å². The van der Waals surface area contributed by atoms with Crippen LogP contribution in [0, 0.1) is 0 Å². The summed E-state index contributed by atoms with van der Waals surface area (Å²) in [7, 11) is 0. The zero-order valence-corrected chi connectivity index (χ0v) is 28.7. The van der Waals surface area contributed by atoms with E-state index in [0.29, 0.717) is 0 Å². The van der Waals surface area contributed by atoms with E-state index in [-0.39, 0.29) is 0 Å². The van der Waals surface area contributed by atoms with Gasteiger partial charge in [0.1, 0.15) is 16.7 Å². The average molecular weight is 678 g/mol. The lowest BCUT2D eigenvalue weighted by atomic mass is 9.95. The Morgan fingerprint density at radius 3 is 1.70 bits per heavy atom. The number of para-hydroxylation sites is 3. The smallest absolute Gasteiger partial charge is 0.159 e. The fourth-order valence-corrected chi connectivity index (χ4v) is 8.14. The minimum absolute atomic E-state index is 0.861.